The Morgan fingerprint density at radius 3 is 2.47 bits per heavy atom. The number of carbonyl (C=O) groups is 3. The summed E-state index contributed by atoms with van der Waals surface area (Å²) in [6.45, 7) is 1.32. The maximum absolute atomic E-state index is 12.6. The Balaban J connectivity index is 1.15. The van der Waals surface area contributed by atoms with E-state index in [0.29, 0.717) is 36.8 Å². The van der Waals surface area contributed by atoms with Crippen molar-refractivity contribution >= 4 is 29.1 Å². The van der Waals surface area contributed by atoms with Crippen LogP contribution in [-0.4, -0.2) is 60.4 Å². The van der Waals surface area contributed by atoms with Gasteiger partial charge in [0.25, 0.3) is 11.8 Å². The fourth-order valence-corrected chi connectivity index (χ4v) is 5.34. The van der Waals surface area contributed by atoms with Crippen molar-refractivity contribution < 1.29 is 23.5 Å². The van der Waals surface area contributed by atoms with E-state index >= 15 is 0 Å². The van der Waals surface area contributed by atoms with Crippen LogP contribution >= 0.6 is 11.3 Å². The maximum Gasteiger partial charge on any atom is 0.348 e. The van der Waals surface area contributed by atoms with Gasteiger partial charge < -0.3 is 19.0 Å². The molecule has 2 amide bonds. The van der Waals surface area contributed by atoms with Crippen LogP contribution in [0, 0.1) is 0 Å². The second kappa shape index (κ2) is 8.63. The number of carbonyl (C=O) groups excluding carboxylic acids is 3. The van der Waals surface area contributed by atoms with Gasteiger partial charge in [0.05, 0.1) is 6.26 Å². The summed E-state index contributed by atoms with van der Waals surface area (Å²) in [7, 11) is 0. The molecule has 0 unspecified atom stereocenters. The zero-order valence-electron chi connectivity index (χ0n) is 17.4. The number of amides is 2. The van der Waals surface area contributed by atoms with Gasteiger partial charge >= 0.3 is 5.97 Å². The molecule has 0 spiro atoms. The zero-order chi connectivity index (χ0) is 22.1. The SMILES string of the molecule is O=C(OCC(=O)N1CCN(C(=O)c2ccco2)CC1)c1cc2c(s1)-c1ccccc1CC2. The van der Waals surface area contributed by atoms with Crippen LogP contribution < -0.4 is 0 Å². The molecule has 2 aliphatic rings. The van der Waals surface area contributed by atoms with Gasteiger partial charge in [-0.3, -0.25) is 9.59 Å². The molecular weight excluding hydrogens is 428 g/mol. The summed E-state index contributed by atoms with van der Waals surface area (Å²) < 4.78 is 10.5. The average Bonchev–Trinajstić information content (AvgIpc) is 3.52. The minimum absolute atomic E-state index is 0.184. The number of benzene rings is 1. The van der Waals surface area contributed by atoms with Crippen molar-refractivity contribution in [2.24, 2.45) is 0 Å². The standard InChI is InChI=1S/C24H22N2O5S/c27-21(25-9-11-26(12-10-25)23(28)19-6-3-13-30-19)15-31-24(29)20-14-17-8-7-16-4-1-2-5-18(16)22(17)32-20/h1-6,13-14H,7-12,15H2. The summed E-state index contributed by atoms with van der Waals surface area (Å²) >= 11 is 1.42. The number of ether oxygens (including phenoxy) is 1. The topological polar surface area (TPSA) is 80.1 Å². The van der Waals surface area contributed by atoms with Crippen molar-refractivity contribution in [1.82, 2.24) is 9.80 Å². The number of hydrogen-bond acceptors (Lipinski definition) is 6. The third kappa shape index (κ3) is 3.93. The van der Waals surface area contributed by atoms with E-state index in [4.69, 9.17) is 9.15 Å². The fraction of sp³-hybridized carbons (Fsp3) is 0.292. The van der Waals surface area contributed by atoms with Crippen LogP contribution in [0.3, 0.4) is 0 Å². The largest absolute Gasteiger partial charge is 0.459 e. The van der Waals surface area contributed by atoms with Gasteiger partial charge in [0, 0.05) is 31.1 Å². The van der Waals surface area contributed by atoms with Gasteiger partial charge in [-0.25, -0.2) is 4.79 Å². The lowest BCUT2D eigenvalue weighted by Crippen LogP contribution is -2.51. The van der Waals surface area contributed by atoms with Crippen molar-refractivity contribution in [3.63, 3.8) is 0 Å². The normalized spacial score (nSPS) is 15.1. The van der Waals surface area contributed by atoms with Crippen LogP contribution in [0.4, 0.5) is 0 Å². The highest BCUT2D eigenvalue weighted by Crippen LogP contribution is 2.39. The fourth-order valence-electron chi connectivity index (χ4n) is 4.18. The van der Waals surface area contributed by atoms with E-state index in [2.05, 4.69) is 12.1 Å². The lowest BCUT2D eigenvalue weighted by Gasteiger charge is -2.34. The van der Waals surface area contributed by atoms with E-state index in [-0.39, 0.29) is 18.4 Å². The first-order valence-corrected chi connectivity index (χ1v) is 11.4. The van der Waals surface area contributed by atoms with Crippen molar-refractivity contribution in [2.75, 3.05) is 32.8 Å². The summed E-state index contributed by atoms with van der Waals surface area (Å²) in [6.07, 6.45) is 3.32. The van der Waals surface area contributed by atoms with Crippen LogP contribution in [-0.2, 0) is 22.4 Å². The van der Waals surface area contributed by atoms with Gasteiger partial charge in [-0.2, -0.15) is 0 Å². The first-order valence-electron chi connectivity index (χ1n) is 10.6. The Hall–Kier alpha value is -3.39. The predicted molar refractivity (Wildman–Crippen MR) is 119 cm³/mol. The van der Waals surface area contributed by atoms with E-state index < -0.39 is 5.97 Å². The second-order valence-electron chi connectivity index (χ2n) is 7.85. The lowest BCUT2D eigenvalue weighted by atomic mass is 9.91. The van der Waals surface area contributed by atoms with Gasteiger partial charge in [-0.1, -0.05) is 24.3 Å². The lowest BCUT2D eigenvalue weighted by molar-refractivity contribution is -0.136. The van der Waals surface area contributed by atoms with Gasteiger partial charge in [0.1, 0.15) is 4.88 Å². The molecule has 0 atom stereocenters. The Bertz CT molecular complexity index is 1160. The molecule has 1 aliphatic heterocycles. The molecule has 0 bridgehead atoms. The summed E-state index contributed by atoms with van der Waals surface area (Å²) in [5, 5.41) is 0. The minimum atomic E-state index is -0.470. The molecule has 1 saturated heterocycles. The van der Waals surface area contributed by atoms with Crippen LogP contribution in [0.25, 0.3) is 10.4 Å². The van der Waals surface area contributed by atoms with Crippen molar-refractivity contribution in [3.8, 4) is 10.4 Å². The Morgan fingerprint density at radius 2 is 1.69 bits per heavy atom. The molecule has 3 heterocycles. The Labute approximate surface area is 189 Å². The van der Waals surface area contributed by atoms with E-state index in [1.807, 2.05) is 18.2 Å². The number of hydrogen-bond donors (Lipinski definition) is 0. The number of fused-ring (bicyclic) bond motifs is 3. The first-order chi connectivity index (χ1) is 15.6. The Morgan fingerprint density at radius 1 is 0.938 bits per heavy atom. The molecule has 5 rings (SSSR count). The van der Waals surface area contributed by atoms with E-state index in [9.17, 15) is 14.4 Å². The summed E-state index contributed by atoms with van der Waals surface area (Å²) in [6, 6.07) is 13.4. The number of esters is 1. The minimum Gasteiger partial charge on any atom is -0.459 e. The number of aryl methyl sites for hydroxylation is 2. The number of nitrogens with zero attached hydrogens (tertiary/aromatic N) is 2. The number of furan rings is 1. The molecule has 3 aromatic rings. The molecule has 0 saturated carbocycles. The maximum atomic E-state index is 12.6. The first kappa shape index (κ1) is 20.5. The van der Waals surface area contributed by atoms with Gasteiger partial charge in [-0.15, -0.1) is 11.3 Å². The monoisotopic (exact) mass is 450 g/mol. The van der Waals surface area contributed by atoms with Crippen molar-refractivity contribution in [3.05, 3.63) is 70.5 Å². The predicted octanol–water partition coefficient (Wildman–Crippen LogP) is 3.25. The molecule has 8 heteroatoms. The van der Waals surface area contributed by atoms with Crippen LogP contribution in [0.15, 0.2) is 53.1 Å². The molecule has 0 N–H and O–H groups in total. The van der Waals surface area contributed by atoms with Crippen molar-refractivity contribution in [2.45, 2.75) is 12.8 Å². The highest BCUT2D eigenvalue weighted by molar-refractivity contribution is 7.17. The van der Waals surface area contributed by atoms with E-state index in [1.165, 1.54) is 28.7 Å². The summed E-state index contributed by atoms with van der Waals surface area (Å²) in [5.74, 6) is -0.617. The van der Waals surface area contributed by atoms with Crippen LogP contribution in [0.5, 0.6) is 0 Å². The number of thiophene rings is 1. The molecule has 1 aliphatic carbocycles. The van der Waals surface area contributed by atoms with Crippen molar-refractivity contribution in [1.29, 1.82) is 0 Å². The molecule has 1 fully saturated rings. The third-order valence-electron chi connectivity index (χ3n) is 5.91. The average molecular weight is 451 g/mol. The van der Waals surface area contributed by atoms with Gasteiger partial charge in [-0.05, 0) is 47.7 Å². The highest BCUT2D eigenvalue weighted by Gasteiger charge is 2.27. The Kier molecular flexibility index (Phi) is 5.53. The van der Waals surface area contributed by atoms with Gasteiger partial charge in [0.15, 0.2) is 12.4 Å². The molecule has 0 radical (unpaired) electrons. The zero-order valence-corrected chi connectivity index (χ0v) is 18.2. The molecule has 32 heavy (non-hydrogen) atoms. The summed E-state index contributed by atoms with van der Waals surface area (Å²) in [4.78, 5) is 42.4. The van der Waals surface area contributed by atoms with E-state index in [1.54, 1.807) is 21.9 Å². The number of piperazine rings is 1. The molecular formula is C24H22N2O5S. The van der Waals surface area contributed by atoms with Crippen LogP contribution in [0.2, 0.25) is 0 Å². The quantitative estimate of drug-likeness (QED) is 0.570. The third-order valence-corrected chi connectivity index (χ3v) is 7.10. The molecule has 2 aromatic heterocycles. The molecule has 1 aromatic carbocycles. The van der Waals surface area contributed by atoms with E-state index in [0.717, 1.165) is 23.3 Å². The molecule has 164 valence electrons. The second-order valence-corrected chi connectivity index (χ2v) is 8.90. The summed E-state index contributed by atoms with van der Waals surface area (Å²) in [5.41, 5.74) is 3.63. The highest BCUT2D eigenvalue weighted by atomic mass is 32.1. The van der Waals surface area contributed by atoms with Gasteiger partial charge in [0.2, 0.25) is 0 Å². The smallest absolute Gasteiger partial charge is 0.348 e. The number of rotatable bonds is 4. The molecule has 7 nitrogen and oxygen atoms in total. The van der Waals surface area contributed by atoms with Crippen LogP contribution in [0.1, 0.15) is 31.4 Å².